The average molecular weight is 322 g/mol. The third-order valence-corrected chi connectivity index (χ3v) is 5.38. The predicted molar refractivity (Wildman–Crippen MR) is 73.7 cm³/mol. The van der Waals surface area contributed by atoms with Gasteiger partial charge in [0.15, 0.2) is 0 Å². The molecule has 5 nitrogen and oxygen atoms in total. The molecule has 0 spiro atoms. The molecule has 0 radical (unpaired) electrons. The number of anilines is 1. The Kier molecular flexibility index (Phi) is 3.12. The van der Waals surface area contributed by atoms with Gasteiger partial charge in [-0.3, -0.25) is 0 Å². The summed E-state index contributed by atoms with van der Waals surface area (Å²) < 4.78 is 1.19. The molecule has 1 aromatic carbocycles. The molecule has 98 valence electrons. The number of hydrogen-bond acceptors (Lipinski definition) is 3. The van der Waals surface area contributed by atoms with Crippen LogP contribution in [0.25, 0.3) is 0 Å². The van der Waals surface area contributed by atoms with Crippen LogP contribution in [0.2, 0.25) is 5.32 Å². The summed E-state index contributed by atoms with van der Waals surface area (Å²) in [6.45, 7) is 2.00. The molecule has 1 aromatic rings. The minimum absolute atomic E-state index is 0.0364. The third kappa shape index (κ3) is 2.41. The van der Waals surface area contributed by atoms with Gasteiger partial charge < -0.3 is 0 Å². The molecular weight excluding hydrogens is 309 g/mol. The summed E-state index contributed by atoms with van der Waals surface area (Å²) in [7, 11) is 0. The molecule has 2 heterocycles. The standard InChI is InChI=1S/C13H13N3O2Se/c1-7-4-11(17)15-16-13(7)8-2-3-9-10(5-8)19-6-12(18)14-9/h2-3,5,7H,4,6H2,1H3,(H,14,18)(H,15,17). The van der Waals surface area contributed by atoms with Crippen molar-refractivity contribution in [1.29, 1.82) is 0 Å². The molecule has 2 aliphatic rings. The fraction of sp³-hybridized carbons (Fsp3) is 0.308. The van der Waals surface area contributed by atoms with Crippen molar-refractivity contribution in [3.63, 3.8) is 0 Å². The van der Waals surface area contributed by atoms with Crippen LogP contribution in [0.1, 0.15) is 18.9 Å². The van der Waals surface area contributed by atoms with Gasteiger partial charge in [0.25, 0.3) is 0 Å². The van der Waals surface area contributed by atoms with E-state index in [4.69, 9.17) is 0 Å². The number of fused-ring (bicyclic) bond motifs is 1. The van der Waals surface area contributed by atoms with E-state index in [9.17, 15) is 9.59 Å². The number of amides is 2. The molecule has 0 fully saturated rings. The van der Waals surface area contributed by atoms with Gasteiger partial charge >= 0.3 is 116 Å². The summed E-state index contributed by atoms with van der Waals surface area (Å²) in [4.78, 5) is 22.6. The van der Waals surface area contributed by atoms with Gasteiger partial charge in [0.1, 0.15) is 0 Å². The van der Waals surface area contributed by atoms with E-state index < -0.39 is 0 Å². The number of benzene rings is 1. The van der Waals surface area contributed by atoms with E-state index >= 15 is 0 Å². The van der Waals surface area contributed by atoms with Crippen molar-refractivity contribution in [2.24, 2.45) is 11.0 Å². The van der Waals surface area contributed by atoms with Crippen molar-refractivity contribution in [1.82, 2.24) is 5.43 Å². The second kappa shape index (κ2) is 4.79. The Balaban J connectivity index is 1.94. The zero-order chi connectivity index (χ0) is 13.4. The Morgan fingerprint density at radius 1 is 1.32 bits per heavy atom. The van der Waals surface area contributed by atoms with Crippen LogP contribution in [-0.4, -0.2) is 32.5 Å². The van der Waals surface area contributed by atoms with E-state index in [-0.39, 0.29) is 32.7 Å². The number of nitrogens with one attached hydrogen (secondary N) is 2. The van der Waals surface area contributed by atoms with Gasteiger partial charge in [0.05, 0.1) is 0 Å². The van der Waals surface area contributed by atoms with Crippen LogP contribution < -0.4 is 15.2 Å². The Morgan fingerprint density at radius 3 is 2.95 bits per heavy atom. The van der Waals surface area contributed by atoms with Gasteiger partial charge in [-0.15, -0.1) is 0 Å². The molecule has 0 bridgehead atoms. The molecule has 0 saturated heterocycles. The number of carbonyl (C=O) groups is 2. The first-order chi connectivity index (χ1) is 9.13. The normalized spacial score (nSPS) is 22.2. The van der Waals surface area contributed by atoms with Crippen molar-refractivity contribution in [2.75, 3.05) is 5.32 Å². The molecular formula is C13H13N3O2Se. The molecule has 1 atom stereocenters. The van der Waals surface area contributed by atoms with Crippen LogP contribution in [0.5, 0.6) is 0 Å². The first-order valence-electron chi connectivity index (χ1n) is 6.07. The summed E-state index contributed by atoms with van der Waals surface area (Å²) in [5.41, 5.74) is 5.39. The fourth-order valence-corrected chi connectivity index (χ4v) is 4.01. The minimum atomic E-state index is -0.0364. The predicted octanol–water partition coefficient (Wildman–Crippen LogP) is 0.247. The third-order valence-electron chi connectivity index (χ3n) is 3.17. The second-order valence-corrected chi connectivity index (χ2v) is 6.82. The summed E-state index contributed by atoms with van der Waals surface area (Å²) in [6.07, 6.45) is 0.470. The fourth-order valence-electron chi connectivity index (χ4n) is 2.24. The van der Waals surface area contributed by atoms with Crippen LogP contribution in [0.15, 0.2) is 23.3 Å². The maximum absolute atomic E-state index is 11.3. The Hall–Kier alpha value is -1.65. The van der Waals surface area contributed by atoms with E-state index in [2.05, 4.69) is 21.9 Å². The zero-order valence-corrected chi connectivity index (χ0v) is 12.1. The molecule has 2 aliphatic heterocycles. The van der Waals surface area contributed by atoms with Crippen LogP contribution >= 0.6 is 0 Å². The first-order valence-corrected chi connectivity index (χ1v) is 8.14. The van der Waals surface area contributed by atoms with Crippen LogP contribution in [0.3, 0.4) is 0 Å². The molecule has 2 amide bonds. The Morgan fingerprint density at radius 2 is 2.16 bits per heavy atom. The summed E-state index contributed by atoms with van der Waals surface area (Å²) in [5.74, 6) is 0.180. The van der Waals surface area contributed by atoms with Gasteiger partial charge in [0.2, 0.25) is 0 Å². The Bertz CT molecular complexity index is 598. The quantitative estimate of drug-likeness (QED) is 0.728. The van der Waals surface area contributed by atoms with E-state index in [1.807, 2.05) is 19.1 Å². The van der Waals surface area contributed by atoms with Crippen molar-refractivity contribution in [3.05, 3.63) is 23.8 Å². The SMILES string of the molecule is CC1CC(=O)NN=C1c1ccc2c(c1)[Se]CC(=O)N2. The van der Waals surface area contributed by atoms with Gasteiger partial charge in [-0.25, -0.2) is 0 Å². The first kappa shape index (κ1) is 12.4. The monoisotopic (exact) mass is 323 g/mol. The van der Waals surface area contributed by atoms with Crippen molar-refractivity contribution in [3.8, 4) is 0 Å². The van der Waals surface area contributed by atoms with Gasteiger partial charge in [-0.05, 0) is 0 Å². The molecule has 6 heteroatoms. The summed E-state index contributed by atoms with van der Waals surface area (Å²) >= 11 is 0.176. The summed E-state index contributed by atoms with van der Waals surface area (Å²) in [6, 6.07) is 5.96. The Labute approximate surface area is 117 Å². The molecule has 0 aromatic heterocycles. The average Bonchev–Trinajstić information content (AvgIpc) is 2.38. The van der Waals surface area contributed by atoms with Crippen LogP contribution in [0.4, 0.5) is 5.69 Å². The maximum atomic E-state index is 11.3. The zero-order valence-electron chi connectivity index (χ0n) is 10.4. The van der Waals surface area contributed by atoms with Gasteiger partial charge in [-0.1, -0.05) is 0 Å². The van der Waals surface area contributed by atoms with Gasteiger partial charge in [0, 0.05) is 0 Å². The van der Waals surface area contributed by atoms with Crippen molar-refractivity contribution >= 4 is 42.6 Å². The molecule has 19 heavy (non-hydrogen) atoms. The number of hydrazone groups is 1. The van der Waals surface area contributed by atoms with E-state index in [1.165, 1.54) is 4.46 Å². The number of carbonyl (C=O) groups excluding carboxylic acids is 2. The van der Waals surface area contributed by atoms with E-state index in [0.29, 0.717) is 11.7 Å². The van der Waals surface area contributed by atoms with E-state index in [1.54, 1.807) is 0 Å². The molecule has 1 unspecified atom stereocenters. The number of nitrogens with zero attached hydrogens (tertiary/aromatic N) is 1. The van der Waals surface area contributed by atoms with Crippen LogP contribution in [0, 0.1) is 5.92 Å². The molecule has 0 aliphatic carbocycles. The molecule has 2 N–H and O–H groups in total. The second-order valence-electron chi connectivity index (χ2n) is 4.68. The number of hydrogen-bond donors (Lipinski definition) is 2. The van der Waals surface area contributed by atoms with Crippen molar-refractivity contribution < 1.29 is 9.59 Å². The molecule has 0 saturated carbocycles. The van der Waals surface area contributed by atoms with Crippen LogP contribution in [-0.2, 0) is 9.59 Å². The van der Waals surface area contributed by atoms with E-state index in [0.717, 1.165) is 17.0 Å². The van der Waals surface area contributed by atoms with Gasteiger partial charge in [-0.2, -0.15) is 0 Å². The van der Waals surface area contributed by atoms with Crippen molar-refractivity contribution in [2.45, 2.75) is 18.7 Å². The summed E-state index contributed by atoms with van der Waals surface area (Å²) in [5, 5.41) is 7.62. The number of rotatable bonds is 1. The molecule has 3 rings (SSSR count). The topological polar surface area (TPSA) is 70.6 Å².